The number of methoxy groups -OCH3 is 1. The van der Waals surface area contributed by atoms with Crippen molar-refractivity contribution >= 4 is 33.3 Å². The van der Waals surface area contributed by atoms with Crippen molar-refractivity contribution < 1.29 is 17.9 Å². The van der Waals surface area contributed by atoms with Crippen LogP contribution in [0.25, 0.3) is 0 Å². The molecule has 7 nitrogen and oxygen atoms in total. The van der Waals surface area contributed by atoms with E-state index < -0.39 is 16.1 Å². The molecule has 2 rings (SSSR count). The Morgan fingerprint density at radius 2 is 1.88 bits per heavy atom. The van der Waals surface area contributed by atoms with E-state index in [-0.39, 0.29) is 4.90 Å². The molecule has 2 amide bonds. The Morgan fingerprint density at radius 3 is 2.48 bits per heavy atom. The number of urea groups is 1. The maximum Gasteiger partial charge on any atom is 0.319 e. The van der Waals surface area contributed by atoms with Gasteiger partial charge in [-0.3, -0.25) is 0 Å². The first-order valence-electron chi connectivity index (χ1n) is 7.30. The fraction of sp³-hybridized carbons (Fsp3) is 0.188. The first kappa shape index (κ1) is 19.0. The van der Waals surface area contributed by atoms with Crippen LogP contribution in [0.5, 0.6) is 5.75 Å². The SMILES string of the molecule is COc1ccc(Cl)cc1NC(=O)NCCc1ccc(S(N)(=O)=O)cc1. The molecule has 0 aliphatic heterocycles. The van der Waals surface area contributed by atoms with E-state index in [0.717, 1.165) is 5.56 Å². The van der Waals surface area contributed by atoms with Crippen molar-refractivity contribution in [2.45, 2.75) is 11.3 Å². The summed E-state index contributed by atoms with van der Waals surface area (Å²) in [4.78, 5) is 12.0. The Hall–Kier alpha value is -2.29. The number of nitrogens with two attached hydrogens (primary N) is 1. The highest BCUT2D eigenvalue weighted by atomic mass is 35.5. The molecule has 0 atom stereocenters. The molecular formula is C16H18ClN3O4S. The molecule has 0 spiro atoms. The Kier molecular flexibility index (Phi) is 6.24. The second-order valence-electron chi connectivity index (χ2n) is 5.16. The number of benzene rings is 2. The molecule has 9 heteroatoms. The molecule has 2 aromatic carbocycles. The van der Waals surface area contributed by atoms with E-state index in [0.29, 0.717) is 29.4 Å². The van der Waals surface area contributed by atoms with Crippen molar-refractivity contribution in [2.75, 3.05) is 19.0 Å². The van der Waals surface area contributed by atoms with Crippen LogP contribution in [0, 0.1) is 0 Å². The number of primary sulfonamides is 1. The number of rotatable bonds is 6. The number of carbonyl (C=O) groups excluding carboxylic acids is 1. The molecule has 0 radical (unpaired) electrons. The van der Waals surface area contributed by atoms with Crippen molar-refractivity contribution in [3.05, 3.63) is 53.1 Å². The van der Waals surface area contributed by atoms with Gasteiger partial charge in [-0.2, -0.15) is 0 Å². The molecular weight excluding hydrogens is 366 g/mol. The monoisotopic (exact) mass is 383 g/mol. The van der Waals surface area contributed by atoms with Crippen LogP contribution < -0.4 is 20.5 Å². The van der Waals surface area contributed by atoms with Crippen LogP contribution in [-0.2, 0) is 16.4 Å². The molecule has 4 N–H and O–H groups in total. The number of sulfonamides is 1. The molecule has 25 heavy (non-hydrogen) atoms. The molecule has 0 saturated carbocycles. The number of halogens is 1. The molecule has 0 unspecified atom stereocenters. The minimum absolute atomic E-state index is 0.0509. The van der Waals surface area contributed by atoms with Crippen LogP contribution in [0.15, 0.2) is 47.4 Å². The average Bonchev–Trinajstić information content (AvgIpc) is 2.55. The van der Waals surface area contributed by atoms with Crippen LogP contribution in [0.3, 0.4) is 0 Å². The van der Waals surface area contributed by atoms with Gasteiger partial charge in [0, 0.05) is 11.6 Å². The van der Waals surface area contributed by atoms with Gasteiger partial charge in [0.2, 0.25) is 10.0 Å². The lowest BCUT2D eigenvalue weighted by Crippen LogP contribution is -2.30. The van der Waals surface area contributed by atoms with Crippen LogP contribution in [0.2, 0.25) is 5.02 Å². The van der Waals surface area contributed by atoms with Gasteiger partial charge in [0.1, 0.15) is 5.75 Å². The van der Waals surface area contributed by atoms with Crippen molar-refractivity contribution in [1.82, 2.24) is 5.32 Å². The third kappa shape index (κ3) is 5.63. The maximum absolute atomic E-state index is 12.0. The molecule has 2 aromatic rings. The summed E-state index contributed by atoms with van der Waals surface area (Å²) in [7, 11) is -2.20. The Balaban J connectivity index is 1.88. The molecule has 134 valence electrons. The Bertz CT molecular complexity index is 854. The first-order chi connectivity index (χ1) is 11.8. The standard InChI is InChI=1S/C16H18ClN3O4S/c1-24-15-7-4-12(17)10-14(15)20-16(21)19-9-8-11-2-5-13(6-3-11)25(18,22)23/h2-7,10H,8-9H2,1H3,(H2,18,22,23)(H2,19,20,21). The Labute approximate surface area is 151 Å². The van der Waals surface area contributed by atoms with E-state index >= 15 is 0 Å². The number of nitrogens with one attached hydrogen (secondary N) is 2. The lowest BCUT2D eigenvalue weighted by molar-refractivity contribution is 0.252. The normalized spacial score (nSPS) is 11.0. The van der Waals surface area contributed by atoms with E-state index in [4.69, 9.17) is 21.5 Å². The number of hydrogen-bond donors (Lipinski definition) is 3. The molecule has 0 heterocycles. The van der Waals surface area contributed by atoms with Crippen molar-refractivity contribution in [2.24, 2.45) is 5.14 Å². The smallest absolute Gasteiger partial charge is 0.319 e. The van der Waals surface area contributed by atoms with Crippen LogP contribution in [0.1, 0.15) is 5.56 Å². The zero-order valence-corrected chi connectivity index (χ0v) is 15.0. The summed E-state index contributed by atoms with van der Waals surface area (Å²) in [6.07, 6.45) is 0.533. The quantitative estimate of drug-likeness (QED) is 0.711. The minimum atomic E-state index is -3.70. The van der Waals surface area contributed by atoms with Crippen LogP contribution in [-0.4, -0.2) is 28.1 Å². The topological polar surface area (TPSA) is 111 Å². The lowest BCUT2D eigenvalue weighted by Gasteiger charge is -2.11. The van der Waals surface area contributed by atoms with E-state index in [1.54, 1.807) is 30.3 Å². The highest BCUT2D eigenvalue weighted by Crippen LogP contribution is 2.27. The molecule has 0 bridgehead atoms. The molecule has 0 aromatic heterocycles. The molecule has 0 aliphatic rings. The number of carbonyl (C=O) groups is 1. The fourth-order valence-electron chi connectivity index (χ4n) is 2.11. The zero-order valence-electron chi connectivity index (χ0n) is 13.5. The van der Waals surface area contributed by atoms with Gasteiger partial charge >= 0.3 is 6.03 Å². The number of ether oxygens (including phenoxy) is 1. The maximum atomic E-state index is 12.0. The lowest BCUT2D eigenvalue weighted by atomic mass is 10.1. The highest BCUT2D eigenvalue weighted by Gasteiger charge is 2.09. The molecule has 0 aliphatic carbocycles. The van der Waals surface area contributed by atoms with Gasteiger partial charge in [-0.05, 0) is 42.3 Å². The summed E-state index contributed by atoms with van der Waals surface area (Å²) in [5.74, 6) is 0.498. The average molecular weight is 384 g/mol. The minimum Gasteiger partial charge on any atom is -0.495 e. The van der Waals surface area contributed by atoms with E-state index in [2.05, 4.69) is 10.6 Å². The Morgan fingerprint density at radius 1 is 1.20 bits per heavy atom. The number of amides is 2. The third-order valence-corrected chi connectivity index (χ3v) is 4.53. The zero-order chi connectivity index (χ0) is 18.4. The number of anilines is 1. The predicted molar refractivity (Wildman–Crippen MR) is 96.5 cm³/mol. The van der Waals surface area contributed by atoms with Gasteiger partial charge in [0.05, 0.1) is 17.7 Å². The third-order valence-electron chi connectivity index (χ3n) is 3.36. The van der Waals surface area contributed by atoms with Gasteiger partial charge in [0.15, 0.2) is 0 Å². The van der Waals surface area contributed by atoms with Gasteiger partial charge in [-0.25, -0.2) is 18.4 Å². The summed E-state index contributed by atoms with van der Waals surface area (Å²) in [5.41, 5.74) is 1.33. The summed E-state index contributed by atoms with van der Waals surface area (Å²) in [6, 6.07) is 10.7. The van der Waals surface area contributed by atoms with Crippen molar-refractivity contribution in [1.29, 1.82) is 0 Å². The van der Waals surface area contributed by atoms with Crippen LogP contribution >= 0.6 is 11.6 Å². The molecule has 0 saturated heterocycles. The second-order valence-corrected chi connectivity index (χ2v) is 7.16. The second kappa shape index (κ2) is 8.19. The summed E-state index contributed by atoms with van der Waals surface area (Å²) >= 11 is 5.91. The van der Waals surface area contributed by atoms with Gasteiger partial charge < -0.3 is 15.4 Å². The van der Waals surface area contributed by atoms with Crippen molar-refractivity contribution in [3.63, 3.8) is 0 Å². The molecule has 0 fully saturated rings. The highest BCUT2D eigenvalue weighted by molar-refractivity contribution is 7.89. The summed E-state index contributed by atoms with van der Waals surface area (Å²) < 4.78 is 27.5. The van der Waals surface area contributed by atoms with Crippen LogP contribution in [0.4, 0.5) is 10.5 Å². The van der Waals surface area contributed by atoms with Gasteiger partial charge in [-0.15, -0.1) is 0 Å². The number of hydrogen-bond acceptors (Lipinski definition) is 4. The summed E-state index contributed by atoms with van der Waals surface area (Å²) in [6.45, 7) is 0.365. The van der Waals surface area contributed by atoms with E-state index in [1.165, 1.54) is 19.2 Å². The largest absolute Gasteiger partial charge is 0.495 e. The first-order valence-corrected chi connectivity index (χ1v) is 9.22. The van der Waals surface area contributed by atoms with E-state index in [9.17, 15) is 13.2 Å². The fourth-order valence-corrected chi connectivity index (χ4v) is 2.80. The summed E-state index contributed by atoms with van der Waals surface area (Å²) in [5, 5.41) is 10.9. The predicted octanol–water partition coefficient (Wildman–Crippen LogP) is 2.36. The van der Waals surface area contributed by atoms with Gasteiger partial charge in [-0.1, -0.05) is 23.7 Å². The van der Waals surface area contributed by atoms with E-state index in [1.807, 2.05) is 0 Å². The van der Waals surface area contributed by atoms with Crippen molar-refractivity contribution in [3.8, 4) is 5.75 Å². The van der Waals surface area contributed by atoms with Gasteiger partial charge in [0.25, 0.3) is 0 Å².